The quantitative estimate of drug-likeness (QED) is 0.377. The SMILES string of the molecule is C=C(CC)c1cccc(S(=O)(=O)Nc2ccc(C(=O)N3CCC(O)(CCC(F)(F)F)CC3)cc2)c1N=CC. The zero-order chi connectivity index (χ0) is 28.1. The van der Waals surface area contributed by atoms with Crippen LogP contribution in [0.4, 0.5) is 24.5 Å². The normalized spacial score (nSPS) is 16.0. The van der Waals surface area contributed by atoms with Crippen LogP contribution in [0.25, 0.3) is 5.57 Å². The molecule has 0 atom stereocenters. The number of para-hydroxylation sites is 1. The van der Waals surface area contributed by atoms with Gasteiger partial charge in [-0.2, -0.15) is 13.2 Å². The van der Waals surface area contributed by atoms with Crippen LogP contribution in [0.2, 0.25) is 0 Å². The van der Waals surface area contributed by atoms with Gasteiger partial charge in [-0.05, 0) is 68.5 Å². The molecule has 11 heteroatoms. The number of alkyl halides is 3. The summed E-state index contributed by atoms with van der Waals surface area (Å²) in [5.41, 5.74) is 0.777. The molecule has 0 aliphatic carbocycles. The fourth-order valence-corrected chi connectivity index (χ4v) is 5.53. The molecule has 1 amide bonds. The van der Waals surface area contributed by atoms with E-state index in [0.29, 0.717) is 23.2 Å². The lowest BCUT2D eigenvalue weighted by molar-refractivity contribution is -0.150. The summed E-state index contributed by atoms with van der Waals surface area (Å²) in [5, 5.41) is 10.4. The van der Waals surface area contributed by atoms with Crippen molar-refractivity contribution in [1.29, 1.82) is 0 Å². The number of allylic oxidation sites excluding steroid dienone is 1. The first-order chi connectivity index (χ1) is 17.8. The third-order valence-electron chi connectivity index (χ3n) is 6.59. The van der Waals surface area contributed by atoms with E-state index in [1.807, 2.05) is 6.92 Å². The first-order valence-corrected chi connectivity index (χ1v) is 13.8. The summed E-state index contributed by atoms with van der Waals surface area (Å²) in [5.74, 6) is -0.345. The van der Waals surface area contributed by atoms with E-state index in [0.717, 1.165) is 5.57 Å². The van der Waals surface area contributed by atoms with Crippen molar-refractivity contribution in [3.8, 4) is 0 Å². The lowest BCUT2D eigenvalue weighted by Gasteiger charge is -2.38. The van der Waals surface area contributed by atoms with Crippen LogP contribution in [0.1, 0.15) is 61.9 Å². The summed E-state index contributed by atoms with van der Waals surface area (Å²) < 4.78 is 66.5. The van der Waals surface area contributed by atoms with Gasteiger partial charge in [0.2, 0.25) is 0 Å². The number of halogens is 3. The molecule has 0 aromatic heterocycles. The average molecular weight is 552 g/mol. The number of anilines is 1. The second kappa shape index (κ2) is 11.7. The van der Waals surface area contributed by atoms with Gasteiger partial charge in [0.05, 0.1) is 11.3 Å². The molecule has 3 rings (SSSR count). The van der Waals surface area contributed by atoms with E-state index in [4.69, 9.17) is 0 Å². The van der Waals surface area contributed by atoms with Crippen LogP contribution >= 0.6 is 0 Å². The van der Waals surface area contributed by atoms with Crippen LogP contribution in [-0.2, 0) is 10.0 Å². The van der Waals surface area contributed by atoms with Crippen molar-refractivity contribution in [2.45, 2.75) is 62.6 Å². The largest absolute Gasteiger partial charge is 0.390 e. The number of hydrogen-bond donors (Lipinski definition) is 2. The summed E-state index contributed by atoms with van der Waals surface area (Å²) in [4.78, 5) is 18.6. The highest BCUT2D eigenvalue weighted by Gasteiger charge is 2.38. The number of carbonyl (C=O) groups excluding carboxylic acids is 1. The van der Waals surface area contributed by atoms with Crippen molar-refractivity contribution >= 4 is 39.1 Å². The fourth-order valence-electron chi connectivity index (χ4n) is 4.30. The van der Waals surface area contributed by atoms with Gasteiger partial charge in [-0.1, -0.05) is 25.6 Å². The lowest BCUT2D eigenvalue weighted by Crippen LogP contribution is -2.47. The number of benzene rings is 2. The molecule has 1 fully saturated rings. The number of carbonyl (C=O) groups is 1. The van der Waals surface area contributed by atoms with Crippen molar-refractivity contribution in [2.24, 2.45) is 4.99 Å². The predicted molar refractivity (Wildman–Crippen MR) is 142 cm³/mol. The number of amides is 1. The van der Waals surface area contributed by atoms with Crippen LogP contribution in [0.5, 0.6) is 0 Å². The van der Waals surface area contributed by atoms with Gasteiger partial charge in [0, 0.05) is 42.5 Å². The van der Waals surface area contributed by atoms with E-state index in [2.05, 4.69) is 16.3 Å². The Hall–Kier alpha value is -3.18. The van der Waals surface area contributed by atoms with E-state index in [9.17, 15) is 31.5 Å². The highest BCUT2D eigenvalue weighted by atomic mass is 32.2. The third kappa shape index (κ3) is 7.22. The Morgan fingerprint density at radius 3 is 2.37 bits per heavy atom. The Morgan fingerprint density at radius 2 is 1.82 bits per heavy atom. The van der Waals surface area contributed by atoms with E-state index >= 15 is 0 Å². The summed E-state index contributed by atoms with van der Waals surface area (Å²) >= 11 is 0. The molecule has 7 nitrogen and oxygen atoms in total. The second-order valence-corrected chi connectivity index (χ2v) is 11.0. The number of nitrogens with zero attached hydrogens (tertiary/aromatic N) is 2. The second-order valence-electron chi connectivity index (χ2n) is 9.31. The minimum absolute atomic E-state index is 0.00539. The molecular weight excluding hydrogens is 519 g/mol. The summed E-state index contributed by atoms with van der Waals surface area (Å²) in [6.07, 6.45) is -3.56. The molecule has 0 spiro atoms. The monoisotopic (exact) mass is 551 g/mol. The molecule has 38 heavy (non-hydrogen) atoms. The zero-order valence-electron chi connectivity index (χ0n) is 21.4. The molecule has 0 radical (unpaired) electrons. The predicted octanol–water partition coefficient (Wildman–Crippen LogP) is 5.94. The van der Waals surface area contributed by atoms with Gasteiger partial charge in [-0.25, -0.2) is 8.42 Å². The summed E-state index contributed by atoms with van der Waals surface area (Å²) in [6, 6.07) is 10.7. The number of piperidine rings is 1. The maximum absolute atomic E-state index is 13.2. The average Bonchev–Trinajstić information content (AvgIpc) is 2.87. The topological polar surface area (TPSA) is 99.1 Å². The molecule has 0 bridgehead atoms. The first-order valence-electron chi connectivity index (χ1n) is 12.3. The van der Waals surface area contributed by atoms with Gasteiger partial charge in [0.15, 0.2) is 0 Å². The molecule has 0 saturated carbocycles. The Labute approximate surface area is 221 Å². The lowest BCUT2D eigenvalue weighted by atomic mass is 9.86. The maximum atomic E-state index is 13.2. The highest BCUT2D eigenvalue weighted by molar-refractivity contribution is 7.92. The molecule has 0 unspecified atom stereocenters. The number of hydrogen-bond acceptors (Lipinski definition) is 5. The van der Waals surface area contributed by atoms with Crippen molar-refractivity contribution in [2.75, 3.05) is 17.8 Å². The van der Waals surface area contributed by atoms with Gasteiger partial charge in [-0.3, -0.25) is 14.5 Å². The first kappa shape index (κ1) is 29.4. The number of likely N-dealkylation sites (tertiary alicyclic amines) is 1. The Kier molecular flexibility index (Phi) is 9.04. The highest BCUT2D eigenvalue weighted by Crippen LogP contribution is 2.35. The number of sulfonamides is 1. The molecule has 2 aromatic carbocycles. The van der Waals surface area contributed by atoms with Crippen molar-refractivity contribution in [3.63, 3.8) is 0 Å². The third-order valence-corrected chi connectivity index (χ3v) is 8.01. The Morgan fingerprint density at radius 1 is 1.18 bits per heavy atom. The number of aliphatic hydroxyl groups is 1. The van der Waals surface area contributed by atoms with Crippen LogP contribution in [-0.4, -0.2) is 55.4 Å². The molecule has 1 heterocycles. The van der Waals surface area contributed by atoms with Crippen molar-refractivity contribution in [1.82, 2.24) is 4.90 Å². The van der Waals surface area contributed by atoms with Crippen molar-refractivity contribution in [3.05, 3.63) is 60.2 Å². The van der Waals surface area contributed by atoms with Crippen LogP contribution in [0.15, 0.2) is 58.9 Å². The molecule has 2 aromatic rings. The molecule has 1 aliphatic rings. The number of rotatable bonds is 9. The van der Waals surface area contributed by atoms with Crippen LogP contribution in [0.3, 0.4) is 0 Å². The van der Waals surface area contributed by atoms with Gasteiger partial charge < -0.3 is 10.0 Å². The van der Waals surface area contributed by atoms with E-state index in [-0.39, 0.29) is 42.4 Å². The molecular formula is C27H32F3N3O4S. The van der Waals surface area contributed by atoms with E-state index in [1.54, 1.807) is 19.1 Å². The zero-order valence-corrected chi connectivity index (χ0v) is 22.2. The number of aliphatic imine (C=N–C) groups is 1. The van der Waals surface area contributed by atoms with E-state index < -0.39 is 34.6 Å². The fraction of sp³-hybridized carbons (Fsp3) is 0.407. The molecule has 1 saturated heterocycles. The van der Waals surface area contributed by atoms with Crippen LogP contribution in [0, 0.1) is 0 Å². The standard InChI is InChI=1S/C27H32F3N3O4S/c1-4-19(3)22-7-6-8-23(24(22)31-5-2)38(36,37)32-21-11-9-20(10-12-21)25(34)33-17-15-26(35,16-18-33)13-14-27(28,29)30/h5-12,32,35H,3-4,13-18H2,1-2H3. The molecule has 206 valence electrons. The van der Waals surface area contributed by atoms with Gasteiger partial charge in [0.25, 0.3) is 15.9 Å². The van der Waals surface area contributed by atoms with E-state index in [1.165, 1.54) is 41.4 Å². The van der Waals surface area contributed by atoms with Gasteiger partial charge >= 0.3 is 6.18 Å². The summed E-state index contributed by atoms with van der Waals surface area (Å²) in [7, 11) is -4.02. The van der Waals surface area contributed by atoms with Crippen molar-refractivity contribution < 1.29 is 31.5 Å². The molecule has 2 N–H and O–H groups in total. The maximum Gasteiger partial charge on any atom is 0.389 e. The van der Waals surface area contributed by atoms with Gasteiger partial charge in [0.1, 0.15) is 4.90 Å². The smallest absolute Gasteiger partial charge is 0.389 e. The minimum atomic E-state index is -4.34. The minimum Gasteiger partial charge on any atom is -0.390 e. The Balaban J connectivity index is 1.71. The van der Waals surface area contributed by atoms with Crippen LogP contribution < -0.4 is 4.72 Å². The Bertz CT molecular complexity index is 1300. The number of nitrogens with one attached hydrogen (secondary N) is 1. The molecule has 1 aliphatic heterocycles. The van der Waals surface area contributed by atoms with Gasteiger partial charge in [-0.15, -0.1) is 0 Å². The summed E-state index contributed by atoms with van der Waals surface area (Å²) in [6.45, 7) is 7.86.